The molecule has 6 rings (SSSR count). The first kappa shape index (κ1) is 26.9. The Labute approximate surface area is 241 Å². The number of rotatable bonds is 11. The van der Waals surface area contributed by atoms with Crippen molar-refractivity contribution < 1.29 is 18.7 Å². The van der Waals surface area contributed by atoms with E-state index in [0.717, 1.165) is 67.1 Å². The summed E-state index contributed by atoms with van der Waals surface area (Å²) in [5.41, 5.74) is 7.04. The van der Waals surface area contributed by atoms with E-state index in [2.05, 4.69) is 89.8 Å². The van der Waals surface area contributed by atoms with Crippen LogP contribution in [0.3, 0.4) is 0 Å². The average Bonchev–Trinajstić information content (AvgIpc) is 3.66. The second-order valence-electron chi connectivity index (χ2n) is 10.7. The van der Waals surface area contributed by atoms with Crippen LogP contribution in [0.15, 0.2) is 108 Å². The lowest BCUT2D eigenvalue weighted by Gasteiger charge is -2.29. The van der Waals surface area contributed by atoms with Crippen LogP contribution < -0.4 is 4.74 Å². The standard InChI is InChI=1S/C36H35NO4/c1-39-36(38)22-26-15-16-34-30(21-26)23-31(41-34)17-19-37(24-29-13-8-14-35-32(29)18-20-40-35)25-33(27-9-4-2-5-10-27)28-11-6-3-7-12-28/h2-16,21,23,33H,17-20,22,24-25H2,1H3. The summed E-state index contributed by atoms with van der Waals surface area (Å²) in [5.74, 6) is 1.96. The summed E-state index contributed by atoms with van der Waals surface area (Å²) in [7, 11) is 1.42. The number of ether oxygens (including phenoxy) is 2. The Hall–Kier alpha value is -4.35. The zero-order valence-electron chi connectivity index (χ0n) is 23.4. The lowest BCUT2D eigenvalue weighted by Crippen LogP contribution is -2.31. The van der Waals surface area contributed by atoms with Crippen molar-refractivity contribution in [2.45, 2.75) is 31.7 Å². The third-order valence-corrected chi connectivity index (χ3v) is 7.96. The van der Waals surface area contributed by atoms with E-state index < -0.39 is 0 Å². The van der Waals surface area contributed by atoms with Gasteiger partial charge in [0.25, 0.3) is 0 Å². The molecule has 5 heteroatoms. The molecule has 208 valence electrons. The molecule has 0 N–H and O–H groups in total. The summed E-state index contributed by atoms with van der Waals surface area (Å²) in [4.78, 5) is 14.3. The number of methoxy groups -OCH3 is 1. The van der Waals surface area contributed by atoms with E-state index in [1.807, 2.05) is 18.2 Å². The Bertz CT molecular complexity index is 1570. The molecule has 0 bridgehead atoms. The molecule has 0 atom stereocenters. The predicted octanol–water partition coefficient (Wildman–Crippen LogP) is 6.96. The largest absolute Gasteiger partial charge is 0.493 e. The Morgan fingerprint density at radius 1 is 0.902 bits per heavy atom. The highest BCUT2D eigenvalue weighted by molar-refractivity contribution is 5.81. The van der Waals surface area contributed by atoms with E-state index in [1.54, 1.807) is 0 Å². The molecule has 1 aliphatic rings. The molecular weight excluding hydrogens is 510 g/mol. The molecule has 5 aromatic rings. The summed E-state index contributed by atoms with van der Waals surface area (Å²) >= 11 is 0. The fraction of sp³-hybridized carbons (Fsp3) is 0.250. The van der Waals surface area contributed by atoms with Crippen LogP contribution in [0.4, 0.5) is 0 Å². The molecule has 2 heterocycles. The molecule has 1 aromatic heterocycles. The fourth-order valence-electron chi connectivity index (χ4n) is 5.84. The number of hydrogen-bond donors (Lipinski definition) is 0. The van der Waals surface area contributed by atoms with Gasteiger partial charge in [-0.2, -0.15) is 0 Å². The number of carbonyl (C=O) groups excluding carboxylic acids is 1. The topological polar surface area (TPSA) is 51.9 Å². The molecule has 5 nitrogen and oxygen atoms in total. The van der Waals surface area contributed by atoms with E-state index in [9.17, 15) is 4.79 Å². The Kier molecular flexibility index (Phi) is 8.15. The number of carbonyl (C=O) groups is 1. The Morgan fingerprint density at radius 3 is 2.39 bits per heavy atom. The van der Waals surface area contributed by atoms with Crippen molar-refractivity contribution in [3.63, 3.8) is 0 Å². The highest BCUT2D eigenvalue weighted by Crippen LogP contribution is 2.31. The van der Waals surface area contributed by atoms with Gasteiger partial charge in [-0.05, 0) is 46.5 Å². The van der Waals surface area contributed by atoms with Gasteiger partial charge in [-0.3, -0.25) is 9.69 Å². The molecule has 0 unspecified atom stereocenters. The van der Waals surface area contributed by atoms with Crippen LogP contribution in [-0.4, -0.2) is 37.7 Å². The number of nitrogens with zero attached hydrogens (tertiary/aromatic N) is 1. The SMILES string of the molecule is COC(=O)Cc1ccc2oc(CCN(Cc3cccc4c3CCO4)CC(c3ccccc3)c3ccccc3)cc2c1. The number of benzene rings is 4. The number of fused-ring (bicyclic) bond motifs is 2. The van der Waals surface area contributed by atoms with E-state index in [4.69, 9.17) is 13.9 Å². The Morgan fingerprint density at radius 2 is 1.66 bits per heavy atom. The lowest BCUT2D eigenvalue weighted by atomic mass is 9.90. The van der Waals surface area contributed by atoms with Gasteiger partial charge >= 0.3 is 5.97 Å². The zero-order chi connectivity index (χ0) is 28.0. The molecule has 0 radical (unpaired) electrons. The molecule has 0 saturated carbocycles. The van der Waals surface area contributed by atoms with Crippen molar-refractivity contribution in [3.05, 3.63) is 137 Å². The maximum atomic E-state index is 11.8. The maximum absolute atomic E-state index is 11.8. The minimum atomic E-state index is -0.243. The highest BCUT2D eigenvalue weighted by Gasteiger charge is 2.22. The summed E-state index contributed by atoms with van der Waals surface area (Å²) in [5, 5.41) is 1.01. The minimum Gasteiger partial charge on any atom is -0.493 e. The van der Waals surface area contributed by atoms with Crippen molar-refractivity contribution in [1.82, 2.24) is 4.90 Å². The summed E-state index contributed by atoms with van der Waals surface area (Å²) in [6.07, 6.45) is 1.99. The zero-order valence-corrected chi connectivity index (χ0v) is 23.4. The molecule has 41 heavy (non-hydrogen) atoms. The lowest BCUT2D eigenvalue weighted by molar-refractivity contribution is -0.139. The van der Waals surface area contributed by atoms with Crippen LogP contribution in [0.2, 0.25) is 0 Å². The van der Waals surface area contributed by atoms with Crippen LogP contribution in [0.5, 0.6) is 5.75 Å². The molecule has 4 aromatic carbocycles. The normalized spacial score (nSPS) is 12.6. The molecule has 0 spiro atoms. The molecule has 0 saturated heterocycles. The van der Waals surface area contributed by atoms with Crippen LogP contribution in [-0.2, 0) is 35.3 Å². The molecule has 1 aliphatic heterocycles. The number of esters is 1. The second kappa shape index (κ2) is 12.4. The van der Waals surface area contributed by atoms with Crippen LogP contribution >= 0.6 is 0 Å². The van der Waals surface area contributed by atoms with Gasteiger partial charge in [0.1, 0.15) is 17.1 Å². The van der Waals surface area contributed by atoms with Crippen molar-refractivity contribution in [3.8, 4) is 5.75 Å². The van der Waals surface area contributed by atoms with Gasteiger partial charge in [-0.25, -0.2) is 0 Å². The van der Waals surface area contributed by atoms with E-state index in [0.29, 0.717) is 0 Å². The van der Waals surface area contributed by atoms with Gasteiger partial charge in [0.05, 0.1) is 20.1 Å². The fourth-order valence-corrected chi connectivity index (χ4v) is 5.84. The maximum Gasteiger partial charge on any atom is 0.309 e. The quantitative estimate of drug-likeness (QED) is 0.168. The van der Waals surface area contributed by atoms with Crippen LogP contribution in [0, 0.1) is 0 Å². The first-order chi connectivity index (χ1) is 20.2. The van der Waals surface area contributed by atoms with E-state index >= 15 is 0 Å². The number of furan rings is 1. The van der Waals surface area contributed by atoms with Crippen molar-refractivity contribution in [2.24, 2.45) is 0 Å². The first-order valence-electron chi connectivity index (χ1n) is 14.3. The van der Waals surface area contributed by atoms with Crippen molar-refractivity contribution in [2.75, 3.05) is 26.8 Å². The smallest absolute Gasteiger partial charge is 0.309 e. The van der Waals surface area contributed by atoms with Crippen molar-refractivity contribution in [1.29, 1.82) is 0 Å². The van der Waals surface area contributed by atoms with Gasteiger partial charge < -0.3 is 13.9 Å². The third-order valence-electron chi connectivity index (χ3n) is 7.96. The second-order valence-corrected chi connectivity index (χ2v) is 10.7. The molecular formula is C36H35NO4. The van der Waals surface area contributed by atoms with Crippen molar-refractivity contribution >= 4 is 16.9 Å². The molecule has 0 aliphatic carbocycles. The van der Waals surface area contributed by atoms with E-state index in [1.165, 1.54) is 29.4 Å². The van der Waals surface area contributed by atoms with Gasteiger partial charge in [0.2, 0.25) is 0 Å². The average molecular weight is 546 g/mol. The minimum absolute atomic E-state index is 0.238. The Balaban J connectivity index is 1.27. The molecule has 0 amide bonds. The highest BCUT2D eigenvalue weighted by atomic mass is 16.5. The first-order valence-corrected chi connectivity index (χ1v) is 14.3. The monoisotopic (exact) mass is 545 g/mol. The van der Waals surface area contributed by atoms with Gasteiger partial charge in [0, 0.05) is 49.3 Å². The van der Waals surface area contributed by atoms with Crippen LogP contribution in [0.1, 0.15) is 39.5 Å². The predicted molar refractivity (Wildman–Crippen MR) is 161 cm³/mol. The van der Waals surface area contributed by atoms with Gasteiger partial charge in [-0.1, -0.05) is 78.9 Å². The molecule has 0 fully saturated rings. The summed E-state index contributed by atoms with van der Waals surface area (Å²) in [6, 6.07) is 36.0. The van der Waals surface area contributed by atoms with Crippen LogP contribution in [0.25, 0.3) is 11.0 Å². The number of hydrogen-bond acceptors (Lipinski definition) is 5. The van der Waals surface area contributed by atoms with E-state index in [-0.39, 0.29) is 18.3 Å². The summed E-state index contributed by atoms with van der Waals surface area (Å²) in [6.45, 7) is 3.31. The third kappa shape index (κ3) is 6.36. The van der Waals surface area contributed by atoms with Gasteiger partial charge in [-0.15, -0.1) is 0 Å². The summed E-state index contributed by atoms with van der Waals surface area (Å²) < 4.78 is 17.0. The van der Waals surface area contributed by atoms with Gasteiger partial charge in [0.15, 0.2) is 0 Å².